The Morgan fingerprint density at radius 2 is 2.22 bits per heavy atom. The molecule has 2 aromatic heterocycles. The molecule has 0 fully saturated rings. The Bertz CT molecular complexity index is 653. The van der Waals surface area contributed by atoms with Crippen molar-refractivity contribution in [2.24, 2.45) is 7.05 Å². The van der Waals surface area contributed by atoms with Crippen LogP contribution in [0.5, 0.6) is 0 Å². The fourth-order valence-corrected chi connectivity index (χ4v) is 1.43. The second-order valence-corrected chi connectivity index (χ2v) is 3.87. The summed E-state index contributed by atoms with van der Waals surface area (Å²) in [5.74, 6) is -0.150. The number of carbonyl (C=O) groups excluding carboxylic acids is 1. The van der Waals surface area contributed by atoms with Gasteiger partial charge in [0.15, 0.2) is 0 Å². The molecule has 0 atom stereocenters. The summed E-state index contributed by atoms with van der Waals surface area (Å²) >= 11 is 5.59. The largest absolute Gasteiger partial charge is 0.319 e. The van der Waals surface area contributed by atoms with Gasteiger partial charge >= 0.3 is 0 Å². The van der Waals surface area contributed by atoms with E-state index in [0.717, 1.165) is 0 Å². The predicted octanol–water partition coefficient (Wildman–Crippen LogP) is 1.08. The lowest BCUT2D eigenvalue weighted by Crippen LogP contribution is -2.20. The third-order valence-electron chi connectivity index (χ3n) is 2.23. The second kappa shape index (κ2) is 4.97. The van der Waals surface area contributed by atoms with Crippen LogP contribution in [0.1, 0.15) is 10.4 Å². The maximum atomic E-state index is 11.8. The van der Waals surface area contributed by atoms with Crippen LogP contribution in [-0.4, -0.2) is 20.4 Å². The first-order chi connectivity index (χ1) is 8.56. The van der Waals surface area contributed by atoms with Gasteiger partial charge in [-0.1, -0.05) is 0 Å². The van der Waals surface area contributed by atoms with Crippen LogP contribution in [0.2, 0.25) is 5.28 Å². The van der Waals surface area contributed by atoms with Crippen molar-refractivity contribution in [3.63, 3.8) is 0 Å². The van der Waals surface area contributed by atoms with Crippen LogP contribution in [0, 0.1) is 0 Å². The van der Waals surface area contributed by atoms with Crippen LogP contribution in [0.25, 0.3) is 0 Å². The first-order valence-electron chi connectivity index (χ1n) is 5.03. The third-order valence-corrected chi connectivity index (χ3v) is 2.42. The SMILES string of the molecule is Cn1ccc(C(=O)Nc2ccnc(Cl)n2)cc1=O. The van der Waals surface area contributed by atoms with Crippen LogP contribution < -0.4 is 10.9 Å². The van der Waals surface area contributed by atoms with Gasteiger partial charge in [-0.2, -0.15) is 0 Å². The van der Waals surface area contributed by atoms with Crippen molar-refractivity contribution in [3.05, 3.63) is 51.8 Å². The lowest BCUT2D eigenvalue weighted by molar-refractivity contribution is 0.102. The second-order valence-electron chi connectivity index (χ2n) is 3.53. The van der Waals surface area contributed by atoms with Crippen LogP contribution in [-0.2, 0) is 7.05 Å². The minimum Gasteiger partial charge on any atom is -0.319 e. The van der Waals surface area contributed by atoms with Gasteiger partial charge in [-0.15, -0.1) is 0 Å². The minimum absolute atomic E-state index is 0.0387. The topological polar surface area (TPSA) is 76.9 Å². The maximum Gasteiger partial charge on any atom is 0.257 e. The molecule has 1 amide bonds. The summed E-state index contributed by atoms with van der Waals surface area (Å²) in [6.45, 7) is 0. The highest BCUT2D eigenvalue weighted by Gasteiger charge is 2.08. The van der Waals surface area contributed by atoms with E-state index in [2.05, 4.69) is 15.3 Å². The quantitative estimate of drug-likeness (QED) is 0.824. The summed E-state index contributed by atoms with van der Waals surface area (Å²) in [6, 6.07) is 4.29. The molecule has 0 bridgehead atoms. The van der Waals surface area contributed by atoms with Gasteiger partial charge < -0.3 is 9.88 Å². The molecule has 0 saturated carbocycles. The van der Waals surface area contributed by atoms with Crippen molar-refractivity contribution in [1.29, 1.82) is 0 Å². The number of amides is 1. The summed E-state index contributed by atoms with van der Waals surface area (Å²) in [5, 5.41) is 2.56. The molecule has 92 valence electrons. The Balaban J connectivity index is 2.22. The molecule has 1 N–H and O–H groups in total. The maximum absolute atomic E-state index is 11.8. The van der Waals surface area contributed by atoms with E-state index < -0.39 is 5.91 Å². The summed E-state index contributed by atoms with van der Waals surface area (Å²) < 4.78 is 1.37. The summed E-state index contributed by atoms with van der Waals surface area (Å²) in [4.78, 5) is 30.7. The number of hydrogen-bond donors (Lipinski definition) is 1. The van der Waals surface area contributed by atoms with E-state index in [0.29, 0.717) is 0 Å². The van der Waals surface area contributed by atoms with Crippen molar-refractivity contribution in [3.8, 4) is 0 Å². The van der Waals surface area contributed by atoms with Crippen LogP contribution in [0.15, 0.2) is 35.4 Å². The van der Waals surface area contributed by atoms with Crippen molar-refractivity contribution in [1.82, 2.24) is 14.5 Å². The first kappa shape index (κ1) is 12.3. The van der Waals surface area contributed by atoms with Gasteiger partial charge in [-0.25, -0.2) is 9.97 Å². The van der Waals surface area contributed by atoms with Gasteiger partial charge in [0.2, 0.25) is 5.28 Å². The third kappa shape index (κ3) is 2.72. The van der Waals surface area contributed by atoms with Crippen molar-refractivity contribution < 1.29 is 4.79 Å². The number of anilines is 1. The molecular weight excluding hydrogens is 256 g/mol. The van der Waals surface area contributed by atoms with Crippen LogP contribution >= 0.6 is 11.6 Å². The number of aryl methyl sites for hydroxylation is 1. The molecule has 0 aliphatic rings. The standard InChI is InChI=1S/C11H9ClN4O2/c1-16-5-3-7(6-9(16)17)10(18)14-8-2-4-13-11(12)15-8/h2-6H,1H3,(H,13,14,15,18). The highest BCUT2D eigenvalue weighted by molar-refractivity contribution is 6.28. The van der Waals surface area contributed by atoms with Gasteiger partial charge in [0.1, 0.15) is 5.82 Å². The summed E-state index contributed by atoms with van der Waals surface area (Å²) in [6.07, 6.45) is 2.94. The van der Waals surface area contributed by atoms with E-state index in [1.54, 1.807) is 13.1 Å². The highest BCUT2D eigenvalue weighted by atomic mass is 35.5. The number of nitrogens with zero attached hydrogens (tertiary/aromatic N) is 3. The van der Waals surface area contributed by atoms with Crippen LogP contribution in [0.4, 0.5) is 5.82 Å². The van der Waals surface area contributed by atoms with Crippen molar-refractivity contribution in [2.75, 3.05) is 5.32 Å². The minimum atomic E-state index is -0.428. The molecule has 18 heavy (non-hydrogen) atoms. The number of hydrogen-bond acceptors (Lipinski definition) is 4. The Hall–Kier alpha value is -2.21. The Labute approximate surface area is 107 Å². The molecule has 0 aromatic carbocycles. The van der Waals surface area contributed by atoms with Crippen LogP contribution in [0.3, 0.4) is 0 Å². The Kier molecular flexibility index (Phi) is 3.38. The number of rotatable bonds is 2. The molecule has 0 aliphatic heterocycles. The van der Waals surface area contributed by atoms with Gasteiger partial charge in [-0.05, 0) is 23.7 Å². The molecule has 2 rings (SSSR count). The molecule has 0 spiro atoms. The molecule has 6 nitrogen and oxygen atoms in total. The molecule has 0 unspecified atom stereocenters. The Morgan fingerprint density at radius 1 is 1.44 bits per heavy atom. The van der Waals surface area contributed by atoms with Gasteiger partial charge in [0.25, 0.3) is 11.5 Å². The van der Waals surface area contributed by atoms with Gasteiger partial charge in [0.05, 0.1) is 0 Å². The average molecular weight is 265 g/mol. The highest BCUT2D eigenvalue weighted by Crippen LogP contribution is 2.07. The smallest absolute Gasteiger partial charge is 0.257 e. The zero-order valence-corrected chi connectivity index (χ0v) is 10.2. The molecular formula is C11H9ClN4O2. The normalized spacial score (nSPS) is 10.1. The number of halogens is 1. The van der Waals surface area contributed by atoms with Crippen molar-refractivity contribution in [2.45, 2.75) is 0 Å². The zero-order chi connectivity index (χ0) is 13.1. The molecule has 7 heteroatoms. The average Bonchev–Trinajstić information content (AvgIpc) is 2.32. The lowest BCUT2D eigenvalue weighted by atomic mass is 10.2. The van der Waals surface area contributed by atoms with E-state index in [9.17, 15) is 9.59 Å². The fraction of sp³-hybridized carbons (Fsp3) is 0.0909. The molecule has 0 saturated heterocycles. The van der Waals surface area contributed by atoms with E-state index in [1.165, 1.54) is 29.1 Å². The number of aromatic nitrogens is 3. The van der Waals surface area contributed by atoms with E-state index in [1.807, 2.05) is 0 Å². The summed E-state index contributed by atoms with van der Waals surface area (Å²) in [5.41, 5.74) is -0.00351. The summed E-state index contributed by atoms with van der Waals surface area (Å²) in [7, 11) is 1.61. The van der Waals surface area contributed by atoms with E-state index in [4.69, 9.17) is 11.6 Å². The van der Waals surface area contributed by atoms with Crippen molar-refractivity contribution >= 4 is 23.3 Å². The number of nitrogens with one attached hydrogen (secondary N) is 1. The molecule has 2 heterocycles. The monoisotopic (exact) mass is 264 g/mol. The zero-order valence-electron chi connectivity index (χ0n) is 9.42. The fourth-order valence-electron chi connectivity index (χ4n) is 1.28. The Morgan fingerprint density at radius 3 is 2.89 bits per heavy atom. The number of pyridine rings is 1. The lowest BCUT2D eigenvalue weighted by Gasteiger charge is -2.04. The molecule has 2 aromatic rings. The molecule has 0 radical (unpaired) electrons. The van der Waals surface area contributed by atoms with E-state index in [-0.39, 0.29) is 22.2 Å². The first-order valence-corrected chi connectivity index (χ1v) is 5.40. The van der Waals surface area contributed by atoms with Gasteiger partial charge in [0, 0.05) is 31.1 Å². The number of carbonyl (C=O) groups is 1. The van der Waals surface area contributed by atoms with Gasteiger partial charge in [-0.3, -0.25) is 9.59 Å². The van der Waals surface area contributed by atoms with E-state index >= 15 is 0 Å². The molecule has 0 aliphatic carbocycles. The predicted molar refractivity (Wildman–Crippen MR) is 66.7 cm³/mol.